The first-order chi connectivity index (χ1) is 15.1. The number of hydrogen-bond acceptors (Lipinski definition) is 4. The number of likely N-dealkylation sites (tertiary alicyclic amines) is 1. The molecule has 2 aromatic heterocycles. The molecule has 3 heterocycles. The second-order valence-electron chi connectivity index (χ2n) is 8.18. The minimum absolute atomic E-state index is 0.0227. The highest BCUT2D eigenvalue weighted by Gasteiger charge is 2.33. The van der Waals surface area contributed by atoms with Gasteiger partial charge < -0.3 is 4.90 Å². The van der Waals surface area contributed by atoms with Crippen LogP contribution in [0, 0.1) is 17.2 Å². The van der Waals surface area contributed by atoms with Gasteiger partial charge in [0.1, 0.15) is 0 Å². The van der Waals surface area contributed by atoms with E-state index in [2.05, 4.69) is 46.5 Å². The topological polar surface area (TPSA) is 90.6 Å². The van der Waals surface area contributed by atoms with E-state index in [-0.39, 0.29) is 11.9 Å². The van der Waals surface area contributed by atoms with Crippen molar-refractivity contribution in [3.05, 3.63) is 72.2 Å². The maximum absolute atomic E-state index is 13.0. The fourth-order valence-electron chi connectivity index (χ4n) is 4.48. The van der Waals surface area contributed by atoms with Gasteiger partial charge in [-0.25, -0.2) is 0 Å². The van der Waals surface area contributed by atoms with E-state index in [1.165, 1.54) is 0 Å². The summed E-state index contributed by atoms with van der Waals surface area (Å²) in [6, 6.07) is 15.4. The summed E-state index contributed by atoms with van der Waals surface area (Å²) in [4.78, 5) is 14.9. The van der Waals surface area contributed by atoms with Gasteiger partial charge in [-0.2, -0.15) is 15.5 Å². The Kier molecular flexibility index (Phi) is 4.75. The molecule has 154 valence electrons. The summed E-state index contributed by atoms with van der Waals surface area (Å²) in [5, 5.41) is 21.5. The second kappa shape index (κ2) is 7.73. The molecule has 1 aliphatic rings. The van der Waals surface area contributed by atoms with Crippen LogP contribution in [0.4, 0.5) is 0 Å². The fourth-order valence-corrected chi connectivity index (χ4v) is 4.48. The Morgan fingerprint density at radius 1 is 1.19 bits per heavy atom. The fraction of sp³-hybridized carbons (Fsp3) is 0.250. The van der Waals surface area contributed by atoms with E-state index in [1.54, 1.807) is 24.3 Å². The number of carbonyl (C=O) groups is 1. The number of aromatic nitrogens is 4. The molecule has 31 heavy (non-hydrogen) atoms. The number of fused-ring (bicyclic) bond motifs is 1. The number of amides is 1. The van der Waals surface area contributed by atoms with Gasteiger partial charge in [-0.15, -0.1) is 0 Å². The third kappa shape index (κ3) is 3.57. The number of hydrogen-bond donors (Lipinski definition) is 1. The SMILES string of the molecule is CC1CC(Cn2ncc3cc(-c4cn[nH]c4)ccc32)CN1C(=O)c1ccc(C#N)cc1. The van der Waals surface area contributed by atoms with Crippen LogP contribution in [0.15, 0.2) is 61.1 Å². The molecule has 1 aliphatic heterocycles. The summed E-state index contributed by atoms with van der Waals surface area (Å²) in [6.07, 6.45) is 6.53. The van der Waals surface area contributed by atoms with Gasteiger partial charge in [0.05, 0.1) is 29.5 Å². The average molecular weight is 410 g/mol. The molecule has 2 unspecified atom stereocenters. The number of nitriles is 1. The smallest absolute Gasteiger partial charge is 0.254 e. The van der Waals surface area contributed by atoms with Crippen molar-refractivity contribution in [2.24, 2.45) is 5.92 Å². The highest BCUT2D eigenvalue weighted by Crippen LogP contribution is 2.28. The Hall–Kier alpha value is -3.92. The average Bonchev–Trinajstić information content (AvgIpc) is 3.54. The zero-order valence-corrected chi connectivity index (χ0v) is 17.2. The molecule has 2 aromatic carbocycles. The van der Waals surface area contributed by atoms with Crippen molar-refractivity contribution in [3.63, 3.8) is 0 Å². The summed E-state index contributed by atoms with van der Waals surface area (Å²) >= 11 is 0. The van der Waals surface area contributed by atoms with Gasteiger partial charge in [-0.05, 0) is 61.2 Å². The minimum Gasteiger partial charge on any atom is -0.336 e. The predicted molar refractivity (Wildman–Crippen MR) is 117 cm³/mol. The lowest BCUT2D eigenvalue weighted by Crippen LogP contribution is -2.34. The van der Waals surface area contributed by atoms with Crippen molar-refractivity contribution in [1.82, 2.24) is 24.9 Å². The van der Waals surface area contributed by atoms with E-state index >= 15 is 0 Å². The third-order valence-electron chi connectivity index (χ3n) is 6.09. The van der Waals surface area contributed by atoms with Crippen molar-refractivity contribution >= 4 is 16.8 Å². The van der Waals surface area contributed by atoms with Crippen LogP contribution in [0.25, 0.3) is 22.0 Å². The van der Waals surface area contributed by atoms with Gasteiger partial charge in [0.25, 0.3) is 5.91 Å². The molecule has 5 rings (SSSR count). The van der Waals surface area contributed by atoms with Gasteiger partial charge >= 0.3 is 0 Å². The van der Waals surface area contributed by atoms with E-state index in [0.717, 1.165) is 35.0 Å². The summed E-state index contributed by atoms with van der Waals surface area (Å²) < 4.78 is 2.04. The summed E-state index contributed by atoms with van der Waals surface area (Å²) in [5.41, 5.74) is 4.44. The zero-order chi connectivity index (χ0) is 21.4. The maximum Gasteiger partial charge on any atom is 0.254 e. The molecular formula is C24H22N6O. The largest absolute Gasteiger partial charge is 0.336 e. The molecular weight excluding hydrogens is 388 g/mol. The molecule has 7 nitrogen and oxygen atoms in total. The highest BCUT2D eigenvalue weighted by molar-refractivity contribution is 5.94. The molecule has 0 aliphatic carbocycles. The monoisotopic (exact) mass is 410 g/mol. The molecule has 0 radical (unpaired) electrons. The normalized spacial score (nSPS) is 18.4. The first kappa shape index (κ1) is 19.1. The summed E-state index contributed by atoms with van der Waals surface area (Å²) in [7, 11) is 0. The molecule has 0 bridgehead atoms. The van der Waals surface area contributed by atoms with Crippen LogP contribution < -0.4 is 0 Å². The van der Waals surface area contributed by atoms with Crippen LogP contribution in [0.2, 0.25) is 0 Å². The maximum atomic E-state index is 13.0. The third-order valence-corrected chi connectivity index (χ3v) is 6.09. The van der Waals surface area contributed by atoms with Crippen LogP contribution in [-0.4, -0.2) is 43.4 Å². The number of carbonyl (C=O) groups excluding carboxylic acids is 1. The Morgan fingerprint density at radius 3 is 2.77 bits per heavy atom. The Bertz CT molecular complexity index is 1270. The summed E-state index contributed by atoms with van der Waals surface area (Å²) in [6.45, 7) is 3.57. The van der Waals surface area contributed by atoms with Crippen LogP contribution >= 0.6 is 0 Å². The van der Waals surface area contributed by atoms with Gasteiger partial charge in [-0.1, -0.05) is 6.07 Å². The van der Waals surface area contributed by atoms with Gasteiger partial charge in [0.15, 0.2) is 0 Å². The first-order valence-corrected chi connectivity index (χ1v) is 10.4. The van der Waals surface area contributed by atoms with Gasteiger partial charge in [0, 0.05) is 41.8 Å². The van der Waals surface area contributed by atoms with Crippen molar-refractivity contribution in [1.29, 1.82) is 5.26 Å². The quantitative estimate of drug-likeness (QED) is 0.553. The number of aromatic amines is 1. The first-order valence-electron chi connectivity index (χ1n) is 10.4. The van der Waals surface area contributed by atoms with E-state index in [0.29, 0.717) is 23.6 Å². The van der Waals surface area contributed by atoms with Crippen LogP contribution in [0.3, 0.4) is 0 Å². The van der Waals surface area contributed by atoms with E-state index < -0.39 is 0 Å². The van der Waals surface area contributed by atoms with E-state index in [9.17, 15) is 4.79 Å². The minimum atomic E-state index is 0.0227. The second-order valence-corrected chi connectivity index (χ2v) is 8.18. The number of benzene rings is 2. The van der Waals surface area contributed by atoms with Gasteiger partial charge in [0.2, 0.25) is 0 Å². The van der Waals surface area contributed by atoms with Crippen molar-refractivity contribution in [3.8, 4) is 17.2 Å². The molecule has 0 saturated carbocycles. The number of H-pyrrole nitrogens is 1. The molecule has 1 saturated heterocycles. The molecule has 0 spiro atoms. The Morgan fingerprint density at radius 2 is 2.03 bits per heavy atom. The number of nitrogens with zero attached hydrogens (tertiary/aromatic N) is 5. The molecule has 7 heteroatoms. The molecule has 4 aromatic rings. The summed E-state index contributed by atoms with van der Waals surface area (Å²) in [5.74, 6) is 0.364. The van der Waals surface area contributed by atoms with Crippen molar-refractivity contribution in [2.75, 3.05) is 6.54 Å². The molecule has 1 amide bonds. The lowest BCUT2D eigenvalue weighted by Gasteiger charge is -2.21. The Balaban J connectivity index is 1.31. The Labute approximate surface area is 179 Å². The highest BCUT2D eigenvalue weighted by atomic mass is 16.2. The zero-order valence-electron chi connectivity index (χ0n) is 17.2. The van der Waals surface area contributed by atoms with Crippen molar-refractivity contribution in [2.45, 2.75) is 25.9 Å². The van der Waals surface area contributed by atoms with E-state index in [4.69, 9.17) is 5.26 Å². The van der Waals surface area contributed by atoms with Crippen LogP contribution in [-0.2, 0) is 6.54 Å². The molecule has 2 atom stereocenters. The van der Waals surface area contributed by atoms with Crippen molar-refractivity contribution < 1.29 is 4.79 Å². The lowest BCUT2D eigenvalue weighted by atomic mass is 10.1. The van der Waals surface area contributed by atoms with Crippen LogP contribution in [0.1, 0.15) is 29.3 Å². The van der Waals surface area contributed by atoms with E-state index in [1.807, 2.05) is 28.2 Å². The number of nitrogens with one attached hydrogen (secondary N) is 1. The number of rotatable bonds is 4. The molecule has 1 fully saturated rings. The molecule has 1 N–H and O–H groups in total. The van der Waals surface area contributed by atoms with Gasteiger partial charge in [-0.3, -0.25) is 14.6 Å². The lowest BCUT2D eigenvalue weighted by molar-refractivity contribution is 0.0742. The predicted octanol–water partition coefficient (Wildman–Crippen LogP) is 3.85. The standard InChI is InChI=1S/C24H22N6O/c1-16-8-18(14-29(16)24(31)19-4-2-17(10-25)3-5-19)15-30-23-7-6-20(9-21(23)13-28-30)22-11-26-27-12-22/h2-7,9,11-13,16,18H,8,14-15H2,1H3,(H,26,27). The van der Waals surface area contributed by atoms with Crippen LogP contribution in [0.5, 0.6) is 0 Å².